The molecule has 27 heavy (non-hydrogen) atoms. The summed E-state index contributed by atoms with van der Waals surface area (Å²) in [5.74, 6) is -0.541. The Kier molecular flexibility index (Phi) is 4.94. The van der Waals surface area contributed by atoms with Crippen molar-refractivity contribution >= 4 is 43.0 Å². The zero-order valence-electron chi connectivity index (χ0n) is 14.4. The second-order valence-electron chi connectivity index (χ2n) is 5.70. The number of carbonyl (C=O) groups is 1. The van der Waals surface area contributed by atoms with E-state index in [4.69, 9.17) is 0 Å². The number of non-ortho nitro benzene ring substituents is 1. The number of carbonyl (C=O) groups excluding carboxylic acids is 1. The minimum Gasteiger partial charge on any atom is -0.319 e. The Morgan fingerprint density at radius 2 is 1.89 bits per heavy atom. The molecular formula is C17H15N3O5S2. The lowest BCUT2D eigenvalue weighted by molar-refractivity contribution is -0.384. The van der Waals surface area contributed by atoms with Gasteiger partial charge in [-0.05, 0) is 30.3 Å². The summed E-state index contributed by atoms with van der Waals surface area (Å²) in [5.41, 5.74) is 0.949. The summed E-state index contributed by atoms with van der Waals surface area (Å²) in [4.78, 5) is 27.5. The van der Waals surface area contributed by atoms with Crippen molar-refractivity contribution in [1.82, 2.24) is 4.57 Å². The van der Waals surface area contributed by atoms with Gasteiger partial charge in [0, 0.05) is 24.7 Å². The van der Waals surface area contributed by atoms with E-state index in [2.05, 4.69) is 4.99 Å². The lowest BCUT2D eigenvalue weighted by atomic mass is 10.2. The minimum absolute atomic E-state index is 0.0194. The van der Waals surface area contributed by atoms with Gasteiger partial charge in [-0.15, -0.1) is 0 Å². The Labute approximate surface area is 158 Å². The fourth-order valence-corrected chi connectivity index (χ4v) is 4.40. The monoisotopic (exact) mass is 405 g/mol. The van der Waals surface area contributed by atoms with Gasteiger partial charge in [0.2, 0.25) is 0 Å². The molecule has 0 saturated carbocycles. The fourth-order valence-electron chi connectivity index (χ4n) is 2.47. The van der Waals surface area contributed by atoms with E-state index in [-0.39, 0.29) is 21.9 Å². The zero-order valence-corrected chi connectivity index (χ0v) is 16.1. The highest BCUT2D eigenvalue weighted by atomic mass is 32.2. The topological polar surface area (TPSA) is 112 Å². The van der Waals surface area contributed by atoms with Crippen molar-refractivity contribution in [2.75, 3.05) is 5.75 Å². The van der Waals surface area contributed by atoms with Gasteiger partial charge in [-0.1, -0.05) is 18.3 Å². The van der Waals surface area contributed by atoms with Crippen LogP contribution in [0.1, 0.15) is 17.3 Å². The van der Waals surface area contributed by atoms with Crippen molar-refractivity contribution in [3.05, 3.63) is 62.9 Å². The Hall–Kier alpha value is -2.85. The Bertz CT molecular complexity index is 1220. The molecule has 0 N–H and O–H groups in total. The van der Waals surface area contributed by atoms with E-state index in [0.717, 1.165) is 16.9 Å². The number of nitro benzene ring substituents is 1. The number of rotatable bonds is 4. The summed E-state index contributed by atoms with van der Waals surface area (Å²) in [6.45, 7) is 1.55. The summed E-state index contributed by atoms with van der Waals surface area (Å²) in [7, 11) is -1.62. The van der Waals surface area contributed by atoms with Crippen LogP contribution in [0.3, 0.4) is 0 Å². The van der Waals surface area contributed by atoms with Crippen LogP contribution in [0, 0.1) is 10.1 Å². The van der Waals surface area contributed by atoms with Gasteiger partial charge in [0.15, 0.2) is 14.6 Å². The number of aromatic nitrogens is 1. The number of aryl methyl sites for hydroxylation is 1. The highest BCUT2D eigenvalue weighted by Crippen LogP contribution is 2.22. The van der Waals surface area contributed by atoms with Gasteiger partial charge in [0.1, 0.15) is 0 Å². The fraction of sp³-hybridized carbons (Fsp3) is 0.176. The zero-order chi connectivity index (χ0) is 19.8. The molecule has 2 aromatic carbocycles. The quantitative estimate of drug-likeness (QED) is 0.489. The third kappa shape index (κ3) is 3.67. The van der Waals surface area contributed by atoms with Gasteiger partial charge in [0.05, 0.1) is 25.8 Å². The highest BCUT2D eigenvalue weighted by molar-refractivity contribution is 7.91. The summed E-state index contributed by atoms with van der Waals surface area (Å²) < 4.78 is 26.0. The number of fused-ring (bicyclic) bond motifs is 1. The first-order valence-electron chi connectivity index (χ1n) is 7.89. The maximum Gasteiger partial charge on any atom is 0.279 e. The first kappa shape index (κ1) is 18.9. The van der Waals surface area contributed by atoms with Crippen molar-refractivity contribution in [3.8, 4) is 0 Å². The van der Waals surface area contributed by atoms with E-state index in [1.165, 1.54) is 36.4 Å². The Balaban J connectivity index is 2.00. The molecule has 8 nitrogen and oxygen atoms in total. The van der Waals surface area contributed by atoms with Crippen LogP contribution in [0.15, 0.2) is 52.4 Å². The van der Waals surface area contributed by atoms with Gasteiger partial charge in [-0.3, -0.25) is 14.9 Å². The largest absolute Gasteiger partial charge is 0.319 e. The maximum atomic E-state index is 12.4. The molecule has 0 atom stereocenters. The molecule has 3 rings (SSSR count). The number of thiazole rings is 1. The molecule has 3 aromatic rings. The molecule has 0 saturated heterocycles. The Morgan fingerprint density at radius 3 is 2.48 bits per heavy atom. The van der Waals surface area contributed by atoms with Gasteiger partial charge < -0.3 is 4.57 Å². The number of amides is 1. The molecule has 0 fully saturated rings. The lowest BCUT2D eigenvalue weighted by Gasteiger charge is -2.01. The first-order chi connectivity index (χ1) is 12.7. The molecule has 0 aliphatic rings. The first-order valence-corrected chi connectivity index (χ1v) is 10.4. The van der Waals surface area contributed by atoms with Crippen LogP contribution in [-0.2, 0) is 16.9 Å². The molecule has 0 aliphatic carbocycles. The molecule has 1 aromatic heterocycles. The predicted octanol–water partition coefficient (Wildman–Crippen LogP) is 2.68. The minimum atomic E-state index is -3.33. The van der Waals surface area contributed by atoms with Gasteiger partial charge in [-0.25, -0.2) is 8.42 Å². The maximum absolute atomic E-state index is 12.4. The molecule has 1 heterocycles. The molecule has 0 radical (unpaired) electrons. The van der Waals surface area contributed by atoms with Crippen molar-refractivity contribution in [1.29, 1.82) is 0 Å². The highest BCUT2D eigenvalue weighted by Gasteiger charge is 2.14. The molecule has 140 valence electrons. The summed E-state index contributed by atoms with van der Waals surface area (Å²) >= 11 is 1.16. The standard InChI is InChI=1S/C17H15N3O5S2/c1-3-27(24,25)13-7-4-11(5-8-13)16(21)18-17-19(2)14-9-6-12(20(22)23)10-15(14)26-17/h4-10H,3H2,1-2H3. The third-order valence-electron chi connectivity index (χ3n) is 4.04. The summed E-state index contributed by atoms with van der Waals surface area (Å²) in [5, 5.41) is 10.9. The van der Waals surface area contributed by atoms with E-state index in [1.807, 2.05) is 0 Å². The number of nitrogens with zero attached hydrogens (tertiary/aromatic N) is 3. The number of nitro groups is 1. The molecule has 0 unspecified atom stereocenters. The number of hydrogen-bond acceptors (Lipinski definition) is 6. The van der Waals surface area contributed by atoms with E-state index in [9.17, 15) is 23.3 Å². The van der Waals surface area contributed by atoms with Crippen LogP contribution in [0.25, 0.3) is 10.2 Å². The number of hydrogen-bond donors (Lipinski definition) is 0. The van der Waals surface area contributed by atoms with E-state index in [0.29, 0.717) is 9.50 Å². The average Bonchev–Trinajstić information content (AvgIpc) is 2.96. The summed E-state index contributed by atoms with van der Waals surface area (Å²) in [6, 6.07) is 10.1. The van der Waals surface area contributed by atoms with Crippen molar-refractivity contribution in [3.63, 3.8) is 0 Å². The van der Waals surface area contributed by atoms with E-state index < -0.39 is 20.7 Å². The average molecular weight is 405 g/mol. The van der Waals surface area contributed by atoms with Crippen molar-refractivity contribution in [2.24, 2.45) is 12.0 Å². The van der Waals surface area contributed by atoms with Gasteiger partial charge >= 0.3 is 0 Å². The molecule has 1 amide bonds. The molecule has 0 aliphatic heterocycles. The van der Waals surface area contributed by atoms with Crippen LogP contribution >= 0.6 is 11.3 Å². The SMILES string of the molecule is CCS(=O)(=O)c1ccc(C(=O)N=c2sc3cc([N+](=O)[O-])ccc3n2C)cc1. The Morgan fingerprint density at radius 1 is 1.22 bits per heavy atom. The van der Waals surface area contributed by atoms with E-state index >= 15 is 0 Å². The van der Waals surface area contributed by atoms with Gasteiger partial charge in [0.25, 0.3) is 11.6 Å². The molecule has 0 bridgehead atoms. The molecule has 0 spiro atoms. The van der Waals surface area contributed by atoms with Crippen LogP contribution < -0.4 is 4.80 Å². The van der Waals surface area contributed by atoms with Crippen LogP contribution in [0.2, 0.25) is 0 Å². The smallest absolute Gasteiger partial charge is 0.279 e. The van der Waals surface area contributed by atoms with Crippen LogP contribution in [-0.4, -0.2) is 29.6 Å². The summed E-state index contributed by atoms with van der Waals surface area (Å²) in [6.07, 6.45) is 0. The third-order valence-corrected chi connectivity index (χ3v) is 6.89. The second-order valence-corrected chi connectivity index (χ2v) is 8.98. The number of sulfone groups is 1. The molecule has 10 heteroatoms. The second kappa shape index (κ2) is 7.05. The van der Waals surface area contributed by atoms with Crippen LogP contribution in [0.5, 0.6) is 0 Å². The number of benzene rings is 2. The van der Waals surface area contributed by atoms with Crippen molar-refractivity contribution in [2.45, 2.75) is 11.8 Å². The van der Waals surface area contributed by atoms with E-state index in [1.54, 1.807) is 24.6 Å². The predicted molar refractivity (Wildman–Crippen MR) is 102 cm³/mol. The normalized spacial score (nSPS) is 12.4. The molecular weight excluding hydrogens is 390 g/mol. The van der Waals surface area contributed by atoms with Gasteiger partial charge in [-0.2, -0.15) is 4.99 Å². The van der Waals surface area contributed by atoms with Crippen LogP contribution in [0.4, 0.5) is 5.69 Å². The van der Waals surface area contributed by atoms with Crippen molar-refractivity contribution < 1.29 is 18.1 Å². The lowest BCUT2D eigenvalue weighted by Crippen LogP contribution is -2.13.